The maximum atomic E-state index is 13.5. The minimum atomic E-state index is -0.144. The maximum absolute atomic E-state index is 13.5. The van der Waals surface area contributed by atoms with E-state index in [4.69, 9.17) is 4.74 Å². The van der Waals surface area contributed by atoms with Crippen molar-refractivity contribution in [3.63, 3.8) is 0 Å². The summed E-state index contributed by atoms with van der Waals surface area (Å²) >= 11 is 0. The van der Waals surface area contributed by atoms with Crippen molar-refractivity contribution in [1.29, 1.82) is 0 Å². The van der Waals surface area contributed by atoms with E-state index in [1.165, 1.54) is 0 Å². The molecule has 0 aromatic heterocycles. The van der Waals surface area contributed by atoms with E-state index in [9.17, 15) is 4.39 Å². The van der Waals surface area contributed by atoms with Gasteiger partial charge in [0.2, 0.25) is 0 Å². The molecule has 2 unspecified atom stereocenters. The largest absolute Gasteiger partial charge is 0.383 e. The lowest BCUT2D eigenvalue weighted by atomic mass is 10.0. The minimum Gasteiger partial charge on any atom is -0.383 e. The molecule has 0 aliphatic rings. The number of benzene rings is 1. The summed E-state index contributed by atoms with van der Waals surface area (Å²) in [5.41, 5.74) is 1.66. The Bertz CT molecular complexity index is 379. The Morgan fingerprint density at radius 3 is 2.44 bits per heavy atom. The van der Waals surface area contributed by atoms with Gasteiger partial charge in [0.1, 0.15) is 5.82 Å². The van der Waals surface area contributed by atoms with Gasteiger partial charge >= 0.3 is 0 Å². The lowest BCUT2D eigenvalue weighted by Crippen LogP contribution is -2.39. The molecule has 1 rings (SSSR count). The van der Waals surface area contributed by atoms with E-state index in [1.807, 2.05) is 12.1 Å². The van der Waals surface area contributed by atoms with Crippen molar-refractivity contribution < 1.29 is 9.13 Å². The van der Waals surface area contributed by atoms with E-state index < -0.39 is 0 Å². The van der Waals surface area contributed by atoms with Crippen molar-refractivity contribution in [2.24, 2.45) is 5.92 Å². The second-order valence-corrected chi connectivity index (χ2v) is 5.20. The molecule has 1 aromatic carbocycles. The third-order valence-electron chi connectivity index (χ3n) is 3.31. The fourth-order valence-electron chi connectivity index (χ4n) is 1.91. The molecule has 0 spiro atoms. The lowest BCUT2D eigenvalue weighted by molar-refractivity contribution is 0.141. The van der Waals surface area contributed by atoms with Crippen LogP contribution in [0.1, 0.15) is 37.9 Å². The standard InChI is InChI=1S/C15H24FNO/c1-10(2)15(9-18-5)17-12(4)13-7-6-11(3)14(16)8-13/h6-8,10,12,15,17H,9H2,1-5H3. The number of aryl methyl sites for hydroxylation is 1. The summed E-state index contributed by atoms with van der Waals surface area (Å²) in [7, 11) is 1.70. The first kappa shape index (κ1) is 15.1. The Hall–Kier alpha value is -0.930. The predicted molar refractivity (Wildman–Crippen MR) is 73.2 cm³/mol. The number of rotatable bonds is 6. The van der Waals surface area contributed by atoms with Crippen LogP contribution in [0, 0.1) is 18.7 Å². The van der Waals surface area contributed by atoms with Gasteiger partial charge in [-0.2, -0.15) is 0 Å². The van der Waals surface area contributed by atoms with Crippen LogP contribution in [0.2, 0.25) is 0 Å². The Morgan fingerprint density at radius 1 is 1.28 bits per heavy atom. The molecular formula is C15H24FNO. The van der Waals surface area contributed by atoms with Crippen LogP contribution in [0.25, 0.3) is 0 Å². The molecule has 3 heteroatoms. The lowest BCUT2D eigenvalue weighted by Gasteiger charge is -2.26. The molecular weight excluding hydrogens is 229 g/mol. The van der Waals surface area contributed by atoms with Crippen molar-refractivity contribution in [2.75, 3.05) is 13.7 Å². The summed E-state index contributed by atoms with van der Waals surface area (Å²) in [6.45, 7) is 8.79. The van der Waals surface area contributed by atoms with Crippen LogP contribution >= 0.6 is 0 Å². The summed E-state index contributed by atoms with van der Waals surface area (Å²) in [4.78, 5) is 0. The predicted octanol–water partition coefficient (Wildman–Crippen LogP) is 3.46. The highest BCUT2D eigenvalue weighted by Gasteiger charge is 2.17. The number of methoxy groups -OCH3 is 1. The second kappa shape index (κ2) is 6.86. The summed E-state index contributed by atoms with van der Waals surface area (Å²) in [6.07, 6.45) is 0. The van der Waals surface area contributed by atoms with Crippen molar-refractivity contribution in [2.45, 2.75) is 39.8 Å². The molecule has 0 saturated carbocycles. The van der Waals surface area contributed by atoms with Crippen molar-refractivity contribution in [1.82, 2.24) is 5.32 Å². The number of hydrogen-bond acceptors (Lipinski definition) is 2. The maximum Gasteiger partial charge on any atom is 0.126 e. The smallest absolute Gasteiger partial charge is 0.126 e. The van der Waals surface area contributed by atoms with E-state index in [0.717, 1.165) is 5.56 Å². The van der Waals surface area contributed by atoms with Gasteiger partial charge in [-0.3, -0.25) is 0 Å². The topological polar surface area (TPSA) is 21.3 Å². The van der Waals surface area contributed by atoms with Gasteiger partial charge in [0, 0.05) is 19.2 Å². The first-order valence-corrected chi connectivity index (χ1v) is 6.46. The summed E-state index contributed by atoms with van der Waals surface area (Å²) in [6, 6.07) is 5.79. The average Bonchev–Trinajstić information content (AvgIpc) is 2.31. The number of halogens is 1. The zero-order valence-electron chi connectivity index (χ0n) is 12.0. The van der Waals surface area contributed by atoms with E-state index >= 15 is 0 Å². The molecule has 0 aliphatic heterocycles. The molecule has 0 saturated heterocycles. The van der Waals surface area contributed by atoms with Crippen LogP contribution in [-0.2, 0) is 4.74 Å². The van der Waals surface area contributed by atoms with E-state index in [2.05, 4.69) is 26.1 Å². The highest BCUT2D eigenvalue weighted by Crippen LogP contribution is 2.18. The van der Waals surface area contributed by atoms with Crippen molar-refractivity contribution in [3.05, 3.63) is 35.1 Å². The Labute approximate surface area is 110 Å². The molecule has 2 atom stereocenters. The van der Waals surface area contributed by atoms with E-state index in [0.29, 0.717) is 18.1 Å². The fourth-order valence-corrected chi connectivity index (χ4v) is 1.91. The number of nitrogens with one attached hydrogen (secondary N) is 1. The molecule has 1 N–H and O–H groups in total. The van der Waals surface area contributed by atoms with Gasteiger partial charge in [-0.1, -0.05) is 26.0 Å². The molecule has 0 amide bonds. The number of ether oxygens (including phenoxy) is 1. The molecule has 2 nitrogen and oxygen atoms in total. The first-order chi connectivity index (χ1) is 8.45. The molecule has 1 aromatic rings. The van der Waals surface area contributed by atoms with Crippen LogP contribution in [0.4, 0.5) is 4.39 Å². The molecule has 0 radical (unpaired) electrons. The normalized spacial score (nSPS) is 14.8. The molecule has 18 heavy (non-hydrogen) atoms. The first-order valence-electron chi connectivity index (χ1n) is 6.46. The third-order valence-corrected chi connectivity index (χ3v) is 3.31. The average molecular weight is 253 g/mol. The van der Waals surface area contributed by atoms with Gasteiger partial charge in [0.25, 0.3) is 0 Å². The van der Waals surface area contributed by atoms with Gasteiger partial charge in [0.05, 0.1) is 6.61 Å². The van der Waals surface area contributed by atoms with Gasteiger partial charge in [-0.25, -0.2) is 4.39 Å². The van der Waals surface area contributed by atoms with Crippen LogP contribution < -0.4 is 5.32 Å². The quantitative estimate of drug-likeness (QED) is 0.838. The monoisotopic (exact) mass is 253 g/mol. The van der Waals surface area contributed by atoms with E-state index in [-0.39, 0.29) is 17.9 Å². The summed E-state index contributed by atoms with van der Waals surface area (Å²) in [5, 5.41) is 3.49. The Balaban J connectivity index is 2.73. The molecule has 0 fully saturated rings. The van der Waals surface area contributed by atoms with Gasteiger partial charge in [0.15, 0.2) is 0 Å². The van der Waals surface area contributed by atoms with Crippen LogP contribution in [0.15, 0.2) is 18.2 Å². The summed E-state index contributed by atoms with van der Waals surface area (Å²) < 4.78 is 18.7. The molecule has 0 heterocycles. The highest BCUT2D eigenvalue weighted by atomic mass is 19.1. The van der Waals surface area contributed by atoms with Gasteiger partial charge < -0.3 is 10.1 Å². The van der Waals surface area contributed by atoms with Gasteiger partial charge in [-0.05, 0) is 37.0 Å². The third kappa shape index (κ3) is 4.07. The van der Waals surface area contributed by atoms with Crippen LogP contribution in [-0.4, -0.2) is 19.8 Å². The zero-order valence-corrected chi connectivity index (χ0v) is 12.0. The second-order valence-electron chi connectivity index (χ2n) is 5.20. The summed E-state index contributed by atoms with van der Waals surface area (Å²) in [5.74, 6) is 0.330. The van der Waals surface area contributed by atoms with Crippen LogP contribution in [0.5, 0.6) is 0 Å². The SMILES string of the molecule is COCC(NC(C)c1ccc(C)c(F)c1)C(C)C. The molecule has 0 aliphatic carbocycles. The minimum absolute atomic E-state index is 0.114. The Kier molecular flexibility index (Phi) is 5.76. The van der Waals surface area contributed by atoms with Crippen LogP contribution in [0.3, 0.4) is 0 Å². The Morgan fingerprint density at radius 2 is 1.94 bits per heavy atom. The number of hydrogen-bond donors (Lipinski definition) is 1. The zero-order chi connectivity index (χ0) is 13.7. The highest BCUT2D eigenvalue weighted by molar-refractivity contribution is 5.25. The van der Waals surface area contributed by atoms with E-state index in [1.54, 1.807) is 20.1 Å². The van der Waals surface area contributed by atoms with Crippen molar-refractivity contribution in [3.8, 4) is 0 Å². The fraction of sp³-hybridized carbons (Fsp3) is 0.600. The van der Waals surface area contributed by atoms with Gasteiger partial charge in [-0.15, -0.1) is 0 Å². The molecule has 102 valence electrons. The molecule has 0 bridgehead atoms. The van der Waals surface area contributed by atoms with Crippen molar-refractivity contribution >= 4 is 0 Å².